The second-order valence-corrected chi connectivity index (χ2v) is 12.7. The maximum absolute atomic E-state index is 13.1. The van der Waals surface area contributed by atoms with Crippen LogP contribution in [0.3, 0.4) is 0 Å². The van der Waals surface area contributed by atoms with Crippen LogP contribution in [0.1, 0.15) is 32.3 Å². The molecule has 6 nitrogen and oxygen atoms in total. The lowest BCUT2D eigenvalue weighted by molar-refractivity contribution is 0.486. The number of pyridine rings is 2. The Balaban J connectivity index is 1.55. The van der Waals surface area contributed by atoms with Crippen molar-refractivity contribution in [1.82, 2.24) is 9.55 Å². The van der Waals surface area contributed by atoms with Crippen molar-refractivity contribution in [3.63, 3.8) is 0 Å². The van der Waals surface area contributed by atoms with E-state index in [9.17, 15) is 17.8 Å². The summed E-state index contributed by atoms with van der Waals surface area (Å²) in [5, 5.41) is 3.02. The van der Waals surface area contributed by atoms with Crippen molar-refractivity contribution in [2.24, 2.45) is 0 Å². The van der Waals surface area contributed by atoms with Gasteiger partial charge < -0.3 is 4.57 Å². The molecule has 0 unspecified atom stereocenters. The summed E-state index contributed by atoms with van der Waals surface area (Å²) >= 11 is 2.73. The van der Waals surface area contributed by atoms with Crippen LogP contribution in [-0.4, -0.2) is 22.5 Å². The topological polar surface area (TPSA) is 89.3 Å². The van der Waals surface area contributed by atoms with Crippen LogP contribution < -0.4 is 5.56 Å². The Morgan fingerprint density at radius 3 is 2.44 bits per heavy atom. The van der Waals surface area contributed by atoms with Crippen LogP contribution in [0, 0.1) is 20.8 Å². The first-order valence-electron chi connectivity index (χ1n) is 11.3. The number of thiophene rings is 2. The maximum atomic E-state index is 13.1. The minimum Gasteiger partial charge on any atom is -0.304 e. The number of aromatic nitrogens is 2. The molecule has 0 aliphatic carbocycles. The summed E-state index contributed by atoms with van der Waals surface area (Å²) in [4.78, 5) is 19.9. The normalized spacial score (nSPS) is 11.9. The molecule has 9 heteroatoms. The van der Waals surface area contributed by atoms with Crippen molar-refractivity contribution >= 4 is 43.7 Å². The van der Waals surface area contributed by atoms with E-state index in [1.807, 2.05) is 55.6 Å². The highest BCUT2D eigenvalue weighted by Gasteiger charge is 2.20. The van der Waals surface area contributed by atoms with Gasteiger partial charge in [-0.25, -0.2) is 0 Å². The summed E-state index contributed by atoms with van der Waals surface area (Å²) in [5.41, 5.74) is 5.55. The molecule has 5 rings (SSSR count). The summed E-state index contributed by atoms with van der Waals surface area (Å²) in [7, 11) is -4.31. The van der Waals surface area contributed by atoms with Crippen molar-refractivity contribution in [1.29, 1.82) is 0 Å². The van der Waals surface area contributed by atoms with Gasteiger partial charge in [0.05, 0.1) is 12.1 Å². The van der Waals surface area contributed by atoms with Gasteiger partial charge in [-0.15, -0.1) is 22.7 Å². The molecular weight excluding hydrogens is 513 g/mol. The van der Waals surface area contributed by atoms with Crippen LogP contribution in [0.25, 0.3) is 22.0 Å². The molecule has 0 saturated carbocycles. The van der Waals surface area contributed by atoms with Gasteiger partial charge in [-0.3, -0.25) is 14.3 Å². The molecule has 4 aromatic heterocycles. The van der Waals surface area contributed by atoms with Crippen molar-refractivity contribution in [2.45, 2.75) is 37.9 Å². The molecule has 1 aromatic carbocycles. The minimum atomic E-state index is -4.31. The molecule has 0 bridgehead atoms. The third-order valence-electron chi connectivity index (χ3n) is 6.12. The Morgan fingerprint density at radius 2 is 1.78 bits per heavy atom. The molecule has 36 heavy (non-hydrogen) atoms. The highest BCUT2D eigenvalue weighted by molar-refractivity contribution is 7.88. The zero-order valence-corrected chi connectivity index (χ0v) is 22.4. The molecule has 0 saturated heterocycles. The van der Waals surface area contributed by atoms with Gasteiger partial charge in [0.25, 0.3) is 5.56 Å². The zero-order chi connectivity index (χ0) is 25.6. The number of aryl methyl sites for hydroxylation is 3. The number of hydrogen-bond donors (Lipinski definition) is 1. The van der Waals surface area contributed by atoms with Gasteiger partial charge in [-0.1, -0.05) is 30.3 Å². The molecule has 0 fully saturated rings. The van der Waals surface area contributed by atoms with Gasteiger partial charge in [-0.2, -0.15) is 8.42 Å². The monoisotopic (exact) mass is 536 g/mol. The van der Waals surface area contributed by atoms with Gasteiger partial charge in [0.1, 0.15) is 0 Å². The lowest BCUT2D eigenvalue weighted by Gasteiger charge is -2.15. The Bertz CT molecular complexity index is 1750. The number of hydrogen-bond acceptors (Lipinski definition) is 6. The number of benzene rings is 1. The smallest absolute Gasteiger partial charge is 0.304 e. The van der Waals surface area contributed by atoms with Crippen LogP contribution in [0.5, 0.6) is 0 Å². The van der Waals surface area contributed by atoms with Crippen molar-refractivity contribution in [3.05, 3.63) is 103 Å². The zero-order valence-electron chi connectivity index (χ0n) is 20.0. The molecule has 0 aliphatic rings. The highest BCUT2D eigenvalue weighted by atomic mass is 32.3. The van der Waals surface area contributed by atoms with E-state index in [1.54, 1.807) is 35.0 Å². The third-order valence-corrected chi connectivity index (χ3v) is 9.41. The Hall–Kier alpha value is -3.11. The van der Waals surface area contributed by atoms with Gasteiger partial charge in [0.2, 0.25) is 0 Å². The fourth-order valence-electron chi connectivity index (χ4n) is 4.58. The number of nitrogens with zero attached hydrogens (tertiary/aromatic N) is 2. The Morgan fingerprint density at radius 1 is 1.03 bits per heavy atom. The maximum Gasteiger partial charge on any atom is 0.304 e. The summed E-state index contributed by atoms with van der Waals surface area (Å²) in [6, 6.07) is 16.9. The predicted octanol–water partition coefficient (Wildman–Crippen LogP) is 6.00. The first-order valence-corrected chi connectivity index (χ1v) is 14.4. The fourth-order valence-corrected chi connectivity index (χ4v) is 7.32. The third kappa shape index (κ3) is 4.79. The minimum absolute atomic E-state index is 0.0604. The molecule has 184 valence electrons. The van der Waals surface area contributed by atoms with Crippen molar-refractivity contribution < 1.29 is 13.0 Å². The second kappa shape index (κ2) is 9.40. The number of rotatable bonds is 6. The van der Waals surface area contributed by atoms with E-state index < -0.39 is 10.1 Å². The first-order chi connectivity index (χ1) is 17.1. The van der Waals surface area contributed by atoms with Gasteiger partial charge in [0.15, 0.2) is 4.21 Å². The van der Waals surface area contributed by atoms with E-state index in [0.29, 0.717) is 24.1 Å². The molecule has 0 atom stereocenters. The summed E-state index contributed by atoms with van der Waals surface area (Å²) in [5.74, 6) is 0. The molecule has 0 amide bonds. The van der Waals surface area contributed by atoms with Crippen LogP contribution in [0.4, 0.5) is 0 Å². The molecule has 1 N–H and O–H groups in total. The second-order valence-electron chi connectivity index (χ2n) is 8.83. The van der Waals surface area contributed by atoms with Crippen LogP contribution in [0.2, 0.25) is 0 Å². The number of fused-ring (bicyclic) bond motifs is 1. The largest absolute Gasteiger partial charge is 0.304 e. The van der Waals surface area contributed by atoms with Crippen molar-refractivity contribution in [2.75, 3.05) is 0 Å². The molecule has 0 radical (unpaired) electrons. The van der Waals surface area contributed by atoms with Crippen LogP contribution >= 0.6 is 22.7 Å². The standard InChI is InChI=1S/C27H24N2O4S3/c1-16-11-25(30)29(24-14-21(28-18(3)26(16)24)13-22-5-4-10-34-22)15-19-6-8-20(9-7-19)23-12-17(2)35-27(23)36(31,32)33/h4-12,14H,13,15H2,1-3H3,(H,31,32,33). The molecule has 5 aromatic rings. The quantitative estimate of drug-likeness (QED) is 0.269. The van der Waals surface area contributed by atoms with Crippen LogP contribution in [-0.2, 0) is 23.1 Å². The SMILES string of the molecule is Cc1cc(-c2ccc(Cn3c(=O)cc(C)c4c(C)nc(Cc5cccs5)cc43)cc2)c(S(=O)(=O)O)s1. The van der Waals surface area contributed by atoms with E-state index in [4.69, 9.17) is 4.98 Å². The average Bonchev–Trinajstić information content (AvgIpc) is 3.46. The molecular formula is C27H24N2O4S3. The summed E-state index contributed by atoms with van der Waals surface area (Å²) in [6.07, 6.45) is 0.710. The van der Waals surface area contributed by atoms with Crippen molar-refractivity contribution in [3.8, 4) is 11.1 Å². The highest BCUT2D eigenvalue weighted by Crippen LogP contribution is 2.35. The predicted molar refractivity (Wildman–Crippen MR) is 146 cm³/mol. The summed E-state index contributed by atoms with van der Waals surface area (Å²) in [6.45, 7) is 6.08. The van der Waals surface area contributed by atoms with E-state index in [2.05, 4.69) is 6.07 Å². The molecule has 0 spiro atoms. The van der Waals surface area contributed by atoms with E-state index in [0.717, 1.165) is 49.6 Å². The first kappa shape index (κ1) is 24.6. The summed E-state index contributed by atoms with van der Waals surface area (Å²) < 4.78 is 35.0. The fraction of sp³-hybridized carbons (Fsp3) is 0.185. The average molecular weight is 537 g/mol. The van der Waals surface area contributed by atoms with Gasteiger partial charge in [-0.05, 0) is 61.0 Å². The lowest BCUT2D eigenvalue weighted by Crippen LogP contribution is -2.21. The van der Waals surface area contributed by atoms with E-state index in [-0.39, 0.29) is 9.77 Å². The van der Waals surface area contributed by atoms with Crippen LogP contribution in [0.15, 0.2) is 69.0 Å². The van der Waals surface area contributed by atoms with Gasteiger partial charge >= 0.3 is 10.1 Å². The van der Waals surface area contributed by atoms with Gasteiger partial charge in [0, 0.05) is 44.6 Å². The molecule has 4 heterocycles. The Labute approximate surface area is 217 Å². The van der Waals surface area contributed by atoms with E-state index >= 15 is 0 Å². The Kier molecular flexibility index (Phi) is 6.42. The van der Waals surface area contributed by atoms with E-state index in [1.165, 1.54) is 4.88 Å². The lowest BCUT2D eigenvalue weighted by atomic mass is 10.0. The molecule has 0 aliphatic heterocycles.